The normalized spacial score (nSPS) is 11.8. The lowest BCUT2D eigenvalue weighted by Crippen LogP contribution is -2.20. The summed E-state index contributed by atoms with van der Waals surface area (Å²) in [6.45, 7) is 2.54. The fraction of sp³-hybridized carbons (Fsp3) is 0.294. The minimum absolute atomic E-state index is 0.00305. The third kappa shape index (κ3) is 3.89. The summed E-state index contributed by atoms with van der Waals surface area (Å²) in [6.07, 6.45) is 0. The molecule has 0 aliphatic carbocycles. The van der Waals surface area contributed by atoms with Crippen molar-refractivity contribution in [3.05, 3.63) is 53.6 Å². The van der Waals surface area contributed by atoms with Crippen molar-refractivity contribution in [1.29, 1.82) is 0 Å². The van der Waals surface area contributed by atoms with Crippen molar-refractivity contribution in [3.63, 3.8) is 0 Å². The van der Waals surface area contributed by atoms with Gasteiger partial charge in [-0.15, -0.1) is 0 Å². The fourth-order valence-electron chi connectivity index (χ4n) is 2.16. The van der Waals surface area contributed by atoms with Crippen LogP contribution in [-0.2, 0) is 0 Å². The molecule has 2 rings (SSSR count). The van der Waals surface area contributed by atoms with Gasteiger partial charge < -0.3 is 20.5 Å². The van der Waals surface area contributed by atoms with Gasteiger partial charge in [-0.3, -0.25) is 0 Å². The number of benzene rings is 2. The molecular weight excluding hydrogens is 264 g/mol. The summed E-state index contributed by atoms with van der Waals surface area (Å²) in [5, 5.41) is 3.44. The summed E-state index contributed by atoms with van der Waals surface area (Å²) < 4.78 is 10.6. The molecule has 112 valence electrons. The molecule has 0 saturated carbocycles. The first kappa shape index (κ1) is 15.2. The van der Waals surface area contributed by atoms with Crippen molar-refractivity contribution < 1.29 is 9.47 Å². The summed E-state index contributed by atoms with van der Waals surface area (Å²) in [5.74, 6) is 1.52. The maximum Gasteiger partial charge on any atom is 0.122 e. The fourth-order valence-corrected chi connectivity index (χ4v) is 2.16. The minimum atomic E-state index is -0.00305. The second kappa shape index (κ2) is 6.99. The molecule has 3 N–H and O–H groups in total. The molecule has 2 aromatic carbocycles. The van der Waals surface area contributed by atoms with Crippen LogP contribution in [0.25, 0.3) is 0 Å². The first-order valence-corrected chi connectivity index (χ1v) is 6.92. The SMILES string of the molecule is COc1cc(OC)cc(C(CN)Nc2ccc(C)cc2)c1. The number of aryl methyl sites for hydroxylation is 1. The van der Waals surface area contributed by atoms with Gasteiger partial charge in [0.25, 0.3) is 0 Å². The van der Waals surface area contributed by atoms with Crippen LogP contribution in [0.4, 0.5) is 5.69 Å². The molecule has 4 heteroatoms. The molecule has 0 aromatic heterocycles. The van der Waals surface area contributed by atoms with Gasteiger partial charge in [0.2, 0.25) is 0 Å². The number of hydrogen-bond donors (Lipinski definition) is 2. The lowest BCUT2D eigenvalue weighted by molar-refractivity contribution is 0.393. The lowest BCUT2D eigenvalue weighted by atomic mass is 10.1. The number of nitrogens with two attached hydrogens (primary N) is 1. The second-order valence-electron chi connectivity index (χ2n) is 4.94. The van der Waals surface area contributed by atoms with Crippen LogP contribution < -0.4 is 20.5 Å². The smallest absolute Gasteiger partial charge is 0.122 e. The predicted molar refractivity (Wildman–Crippen MR) is 86.1 cm³/mol. The molecule has 2 aromatic rings. The third-order valence-electron chi connectivity index (χ3n) is 3.40. The molecule has 0 amide bonds. The average Bonchev–Trinajstić information content (AvgIpc) is 2.53. The number of rotatable bonds is 6. The summed E-state index contributed by atoms with van der Waals surface area (Å²) in [6, 6.07) is 14.0. The summed E-state index contributed by atoms with van der Waals surface area (Å²) in [5.41, 5.74) is 9.23. The van der Waals surface area contributed by atoms with Crippen LogP contribution in [0, 0.1) is 6.92 Å². The van der Waals surface area contributed by atoms with Crippen molar-refractivity contribution in [2.24, 2.45) is 5.73 Å². The van der Waals surface area contributed by atoms with Crippen LogP contribution in [-0.4, -0.2) is 20.8 Å². The molecule has 0 aliphatic heterocycles. The Morgan fingerprint density at radius 1 is 1.00 bits per heavy atom. The number of nitrogens with one attached hydrogen (secondary N) is 1. The molecule has 4 nitrogen and oxygen atoms in total. The number of ether oxygens (including phenoxy) is 2. The Hall–Kier alpha value is -2.20. The van der Waals surface area contributed by atoms with E-state index < -0.39 is 0 Å². The van der Waals surface area contributed by atoms with Gasteiger partial charge in [-0.1, -0.05) is 17.7 Å². The Morgan fingerprint density at radius 3 is 2.05 bits per heavy atom. The Morgan fingerprint density at radius 2 is 1.57 bits per heavy atom. The molecule has 0 radical (unpaired) electrons. The van der Waals surface area contributed by atoms with Gasteiger partial charge in [-0.2, -0.15) is 0 Å². The van der Waals surface area contributed by atoms with E-state index in [1.54, 1.807) is 14.2 Å². The van der Waals surface area contributed by atoms with E-state index in [1.165, 1.54) is 5.56 Å². The second-order valence-corrected chi connectivity index (χ2v) is 4.94. The van der Waals surface area contributed by atoms with E-state index in [4.69, 9.17) is 15.2 Å². The van der Waals surface area contributed by atoms with E-state index in [-0.39, 0.29) is 6.04 Å². The van der Waals surface area contributed by atoms with E-state index in [9.17, 15) is 0 Å². The molecule has 0 saturated heterocycles. The van der Waals surface area contributed by atoms with E-state index in [2.05, 4.69) is 36.5 Å². The Labute approximate surface area is 125 Å². The van der Waals surface area contributed by atoms with E-state index in [0.29, 0.717) is 6.54 Å². The average molecular weight is 286 g/mol. The standard InChI is InChI=1S/C17H22N2O2/c1-12-4-6-14(7-5-12)19-17(11-18)13-8-15(20-2)10-16(9-13)21-3/h4-10,17,19H,11,18H2,1-3H3. The van der Waals surface area contributed by atoms with Crippen molar-refractivity contribution in [2.45, 2.75) is 13.0 Å². The van der Waals surface area contributed by atoms with Crippen LogP contribution in [0.5, 0.6) is 11.5 Å². The number of hydrogen-bond acceptors (Lipinski definition) is 4. The predicted octanol–water partition coefficient (Wildman–Crippen LogP) is 3.12. The summed E-state index contributed by atoms with van der Waals surface area (Å²) in [7, 11) is 3.28. The van der Waals surface area contributed by atoms with Gasteiger partial charge in [0, 0.05) is 18.3 Å². The van der Waals surface area contributed by atoms with E-state index in [1.807, 2.05) is 18.2 Å². The van der Waals surface area contributed by atoms with E-state index >= 15 is 0 Å². The Kier molecular flexibility index (Phi) is 5.06. The Balaban J connectivity index is 2.25. The molecule has 0 heterocycles. The lowest BCUT2D eigenvalue weighted by Gasteiger charge is -2.20. The van der Waals surface area contributed by atoms with Crippen molar-refractivity contribution in [3.8, 4) is 11.5 Å². The maximum atomic E-state index is 5.92. The van der Waals surface area contributed by atoms with Crippen molar-refractivity contribution in [2.75, 3.05) is 26.1 Å². The summed E-state index contributed by atoms with van der Waals surface area (Å²) in [4.78, 5) is 0. The van der Waals surface area contributed by atoms with Crippen LogP contribution in [0.3, 0.4) is 0 Å². The van der Waals surface area contributed by atoms with Gasteiger partial charge in [0.15, 0.2) is 0 Å². The zero-order chi connectivity index (χ0) is 15.2. The van der Waals surface area contributed by atoms with Gasteiger partial charge >= 0.3 is 0 Å². The molecule has 21 heavy (non-hydrogen) atoms. The van der Waals surface area contributed by atoms with Crippen LogP contribution in [0.15, 0.2) is 42.5 Å². The summed E-state index contributed by atoms with van der Waals surface area (Å²) >= 11 is 0. The van der Waals surface area contributed by atoms with Crippen LogP contribution >= 0.6 is 0 Å². The van der Waals surface area contributed by atoms with Crippen molar-refractivity contribution >= 4 is 5.69 Å². The zero-order valence-corrected chi connectivity index (χ0v) is 12.7. The number of methoxy groups -OCH3 is 2. The highest BCUT2D eigenvalue weighted by Gasteiger charge is 2.12. The molecule has 0 bridgehead atoms. The highest BCUT2D eigenvalue weighted by molar-refractivity contribution is 5.48. The molecule has 1 unspecified atom stereocenters. The van der Waals surface area contributed by atoms with Crippen molar-refractivity contribution in [1.82, 2.24) is 0 Å². The Bertz CT molecular complexity index is 560. The molecule has 0 spiro atoms. The maximum absolute atomic E-state index is 5.92. The number of anilines is 1. The monoisotopic (exact) mass is 286 g/mol. The van der Waals surface area contributed by atoms with Gasteiger partial charge in [0.1, 0.15) is 11.5 Å². The first-order chi connectivity index (χ1) is 10.2. The molecule has 0 aliphatic rings. The first-order valence-electron chi connectivity index (χ1n) is 6.92. The van der Waals surface area contributed by atoms with Gasteiger partial charge in [0.05, 0.1) is 20.3 Å². The highest BCUT2D eigenvalue weighted by Crippen LogP contribution is 2.28. The quantitative estimate of drug-likeness (QED) is 0.856. The van der Waals surface area contributed by atoms with Gasteiger partial charge in [-0.05, 0) is 36.8 Å². The van der Waals surface area contributed by atoms with Crippen LogP contribution in [0.2, 0.25) is 0 Å². The largest absolute Gasteiger partial charge is 0.497 e. The van der Waals surface area contributed by atoms with E-state index in [0.717, 1.165) is 22.7 Å². The molecule has 1 atom stereocenters. The minimum Gasteiger partial charge on any atom is -0.497 e. The third-order valence-corrected chi connectivity index (χ3v) is 3.40. The highest BCUT2D eigenvalue weighted by atomic mass is 16.5. The topological polar surface area (TPSA) is 56.5 Å². The molecule has 0 fully saturated rings. The molecular formula is C17H22N2O2. The van der Waals surface area contributed by atoms with Gasteiger partial charge in [-0.25, -0.2) is 0 Å². The van der Waals surface area contributed by atoms with Crippen LogP contribution in [0.1, 0.15) is 17.2 Å². The zero-order valence-electron chi connectivity index (χ0n) is 12.7.